The van der Waals surface area contributed by atoms with Crippen LogP contribution < -0.4 is 0 Å². The second-order valence-electron chi connectivity index (χ2n) is 15.8. The molecule has 0 aliphatic rings. The zero-order valence-electron chi connectivity index (χ0n) is 33.5. The van der Waals surface area contributed by atoms with Crippen molar-refractivity contribution in [1.29, 1.82) is 0 Å². The van der Waals surface area contributed by atoms with Crippen LogP contribution in [0.5, 0.6) is 0 Å². The Labute approximate surface area is 341 Å². The first-order valence-electron chi connectivity index (χ1n) is 21.1. The molecular formula is C56H48N2. The molecule has 0 radical (unpaired) electrons. The first kappa shape index (κ1) is 35.8. The lowest BCUT2D eigenvalue weighted by molar-refractivity contribution is 0.795. The van der Waals surface area contributed by atoms with Gasteiger partial charge < -0.3 is 9.13 Å². The van der Waals surface area contributed by atoms with E-state index in [9.17, 15) is 0 Å². The van der Waals surface area contributed by atoms with Crippen LogP contribution in [-0.2, 0) is 12.8 Å². The molecule has 0 spiro atoms. The molecule has 0 N–H and O–H groups in total. The van der Waals surface area contributed by atoms with Gasteiger partial charge >= 0.3 is 0 Å². The van der Waals surface area contributed by atoms with Crippen molar-refractivity contribution < 1.29 is 0 Å². The van der Waals surface area contributed by atoms with Crippen molar-refractivity contribution >= 4 is 43.6 Å². The fourth-order valence-corrected chi connectivity index (χ4v) is 9.15. The van der Waals surface area contributed by atoms with Gasteiger partial charge in [0.15, 0.2) is 0 Å². The van der Waals surface area contributed by atoms with Crippen LogP contribution in [0.15, 0.2) is 182 Å². The Morgan fingerprint density at radius 3 is 1.52 bits per heavy atom. The number of hydrogen-bond acceptors (Lipinski definition) is 0. The lowest BCUT2D eigenvalue weighted by Crippen LogP contribution is -1.99. The Kier molecular flexibility index (Phi) is 9.47. The van der Waals surface area contributed by atoms with Crippen LogP contribution in [0.25, 0.3) is 88.4 Å². The average molecular weight is 749 g/mol. The van der Waals surface area contributed by atoms with Gasteiger partial charge in [-0.2, -0.15) is 0 Å². The number of fused-ring (bicyclic) bond motifs is 7. The summed E-state index contributed by atoms with van der Waals surface area (Å²) in [5.74, 6) is 0. The van der Waals surface area contributed by atoms with Crippen LogP contribution in [0.4, 0.5) is 0 Å². The molecule has 0 saturated heterocycles. The average Bonchev–Trinajstić information content (AvgIpc) is 3.81. The first-order valence-corrected chi connectivity index (χ1v) is 21.1. The number of rotatable bonds is 11. The normalized spacial score (nSPS) is 11.7. The van der Waals surface area contributed by atoms with Gasteiger partial charge in [0.1, 0.15) is 0 Å². The number of hydrogen-bond donors (Lipinski definition) is 0. The van der Waals surface area contributed by atoms with Crippen molar-refractivity contribution in [1.82, 2.24) is 9.13 Å². The minimum Gasteiger partial charge on any atom is -0.309 e. The molecule has 2 nitrogen and oxygen atoms in total. The van der Waals surface area contributed by atoms with Crippen LogP contribution in [-0.4, -0.2) is 9.13 Å². The van der Waals surface area contributed by atoms with E-state index in [0.29, 0.717) is 0 Å². The van der Waals surface area contributed by atoms with Crippen molar-refractivity contribution in [3.05, 3.63) is 193 Å². The number of benzene rings is 8. The van der Waals surface area contributed by atoms with Crippen molar-refractivity contribution in [3.63, 3.8) is 0 Å². The van der Waals surface area contributed by atoms with Crippen molar-refractivity contribution in [2.45, 2.75) is 52.4 Å². The third-order valence-corrected chi connectivity index (χ3v) is 12.1. The lowest BCUT2D eigenvalue weighted by atomic mass is 9.97. The molecule has 2 aromatic heterocycles. The van der Waals surface area contributed by atoms with Crippen LogP contribution in [0.3, 0.4) is 0 Å². The SMILES string of the molecule is CCCCc1ccc(-c2cccc(-c3ccc(-n4c5ccccc5c5c6c7ccccc7n(-c7ccc(CCCC)cc7-c7ccccc7)c6ccc54)cc3)c2)cc1. The molecule has 2 heteroatoms. The van der Waals surface area contributed by atoms with Crippen LogP contribution in [0.1, 0.15) is 50.7 Å². The van der Waals surface area contributed by atoms with Gasteiger partial charge in [-0.05, 0) is 119 Å². The molecule has 0 atom stereocenters. The van der Waals surface area contributed by atoms with Crippen molar-refractivity contribution in [3.8, 4) is 44.8 Å². The van der Waals surface area contributed by atoms with Gasteiger partial charge in [-0.1, -0.05) is 154 Å². The highest BCUT2D eigenvalue weighted by molar-refractivity contribution is 6.29. The molecule has 10 aromatic rings. The summed E-state index contributed by atoms with van der Waals surface area (Å²) in [5, 5.41) is 5.12. The van der Waals surface area contributed by atoms with Crippen molar-refractivity contribution in [2.75, 3.05) is 0 Å². The molecule has 0 aliphatic carbocycles. The Bertz CT molecular complexity index is 3050. The molecule has 8 aromatic carbocycles. The smallest absolute Gasteiger partial charge is 0.0549 e. The minimum absolute atomic E-state index is 1.09. The molecule has 0 unspecified atom stereocenters. The maximum atomic E-state index is 2.51. The number of unbranched alkanes of at least 4 members (excludes halogenated alkanes) is 2. The molecule has 58 heavy (non-hydrogen) atoms. The summed E-state index contributed by atoms with van der Waals surface area (Å²) in [7, 11) is 0. The summed E-state index contributed by atoms with van der Waals surface area (Å²) < 4.78 is 4.96. The van der Waals surface area contributed by atoms with Crippen LogP contribution in [0.2, 0.25) is 0 Å². The zero-order chi connectivity index (χ0) is 39.0. The van der Waals surface area contributed by atoms with Crippen LogP contribution >= 0.6 is 0 Å². The van der Waals surface area contributed by atoms with Crippen LogP contribution in [0, 0.1) is 0 Å². The number of aromatic nitrogens is 2. The van der Waals surface area contributed by atoms with Gasteiger partial charge in [-0.15, -0.1) is 0 Å². The monoisotopic (exact) mass is 748 g/mol. The largest absolute Gasteiger partial charge is 0.309 e. The standard InChI is InChI=1S/C56H48N2/c1-3-5-15-39-25-28-41(29-26-39)44-19-14-20-45(38-44)42-30-32-46(33-31-42)57-50-23-12-10-21-47(50)55-53(57)35-36-54-56(55)48-22-11-13-24-51(48)58(54)52-34-27-40(16-6-4-2)37-49(52)43-17-8-7-9-18-43/h7-14,17-38H,3-6,15-16H2,1-2H3. The van der Waals surface area contributed by atoms with Gasteiger partial charge in [0.25, 0.3) is 0 Å². The highest BCUT2D eigenvalue weighted by atomic mass is 15.0. The molecule has 10 rings (SSSR count). The molecule has 0 fully saturated rings. The Balaban J connectivity index is 1.11. The molecule has 282 valence electrons. The minimum atomic E-state index is 1.09. The van der Waals surface area contributed by atoms with Gasteiger partial charge in [-0.3, -0.25) is 0 Å². The fraction of sp³-hybridized carbons (Fsp3) is 0.143. The molecule has 0 aliphatic heterocycles. The van der Waals surface area contributed by atoms with E-state index in [0.717, 1.165) is 18.5 Å². The van der Waals surface area contributed by atoms with E-state index in [4.69, 9.17) is 0 Å². The third-order valence-electron chi connectivity index (χ3n) is 12.1. The molecule has 0 bridgehead atoms. The predicted molar refractivity (Wildman–Crippen MR) is 249 cm³/mol. The van der Waals surface area contributed by atoms with E-state index < -0.39 is 0 Å². The second kappa shape index (κ2) is 15.4. The lowest BCUT2D eigenvalue weighted by Gasteiger charge is -2.16. The van der Waals surface area contributed by atoms with Crippen molar-refractivity contribution in [2.24, 2.45) is 0 Å². The quantitative estimate of drug-likeness (QED) is 0.125. The summed E-state index contributed by atoms with van der Waals surface area (Å²) in [6, 6.07) is 67.8. The van der Waals surface area contributed by atoms with Gasteiger partial charge in [0, 0.05) is 32.8 Å². The Hall–Kier alpha value is -6.64. The summed E-state index contributed by atoms with van der Waals surface area (Å²) in [4.78, 5) is 0. The molecule has 0 saturated carbocycles. The van der Waals surface area contributed by atoms with E-state index in [1.165, 1.54) is 119 Å². The van der Waals surface area contributed by atoms with E-state index in [2.05, 4.69) is 205 Å². The number of nitrogens with zero attached hydrogens (tertiary/aromatic N) is 2. The second-order valence-corrected chi connectivity index (χ2v) is 15.8. The Morgan fingerprint density at radius 1 is 0.362 bits per heavy atom. The van der Waals surface area contributed by atoms with E-state index in [1.807, 2.05) is 0 Å². The maximum absolute atomic E-state index is 2.51. The zero-order valence-corrected chi connectivity index (χ0v) is 33.5. The van der Waals surface area contributed by atoms with E-state index in [1.54, 1.807) is 0 Å². The highest BCUT2D eigenvalue weighted by Gasteiger charge is 2.22. The first-order chi connectivity index (χ1) is 28.7. The predicted octanol–water partition coefficient (Wildman–Crippen LogP) is 15.6. The van der Waals surface area contributed by atoms with Gasteiger partial charge in [-0.25, -0.2) is 0 Å². The number of para-hydroxylation sites is 2. The van der Waals surface area contributed by atoms with Gasteiger partial charge in [0.2, 0.25) is 0 Å². The molecule has 2 heterocycles. The topological polar surface area (TPSA) is 9.86 Å². The highest BCUT2D eigenvalue weighted by Crippen LogP contribution is 2.44. The third kappa shape index (κ3) is 6.30. The number of aryl methyl sites for hydroxylation is 2. The summed E-state index contributed by atoms with van der Waals surface area (Å²) in [6.45, 7) is 4.52. The van der Waals surface area contributed by atoms with Gasteiger partial charge in [0.05, 0.1) is 27.8 Å². The molecular weight excluding hydrogens is 701 g/mol. The Morgan fingerprint density at radius 2 is 0.879 bits per heavy atom. The van der Waals surface area contributed by atoms with E-state index in [-0.39, 0.29) is 0 Å². The summed E-state index contributed by atoms with van der Waals surface area (Å²) in [5.41, 5.74) is 17.5. The van der Waals surface area contributed by atoms with E-state index >= 15 is 0 Å². The fourth-order valence-electron chi connectivity index (χ4n) is 9.15. The molecule has 0 amide bonds. The summed E-state index contributed by atoms with van der Waals surface area (Å²) in [6.07, 6.45) is 7.07. The summed E-state index contributed by atoms with van der Waals surface area (Å²) >= 11 is 0. The maximum Gasteiger partial charge on any atom is 0.0549 e.